The zero-order chi connectivity index (χ0) is 6.53. The van der Waals surface area contributed by atoms with Gasteiger partial charge < -0.3 is 0 Å². The molecule has 0 heterocycles. The molecule has 1 saturated carbocycles. The summed E-state index contributed by atoms with van der Waals surface area (Å²) in [7, 11) is 0. The molecule has 0 aromatic heterocycles. The van der Waals surface area contributed by atoms with E-state index < -0.39 is 0 Å². The van der Waals surface area contributed by atoms with Crippen molar-refractivity contribution in [1.82, 2.24) is 0 Å². The fourth-order valence-corrected chi connectivity index (χ4v) is 2.41. The molecule has 0 unspecified atom stereocenters. The fourth-order valence-electron chi connectivity index (χ4n) is 1.59. The van der Waals surface area contributed by atoms with Gasteiger partial charge in [-0.2, -0.15) is 0 Å². The van der Waals surface area contributed by atoms with Gasteiger partial charge in [0.15, 0.2) is 0 Å². The summed E-state index contributed by atoms with van der Waals surface area (Å²) in [6, 6.07) is 0. The molecule has 48 valence electrons. The molecule has 1 rings (SSSR count). The van der Waals surface area contributed by atoms with Crippen molar-refractivity contribution in [2.45, 2.75) is 38.5 Å². The molecule has 1 heteroatoms. The van der Waals surface area contributed by atoms with E-state index in [2.05, 4.69) is 3.71 Å². The Morgan fingerprint density at radius 2 is 1.89 bits per heavy atom. The Hall–Kier alpha value is 0.753. The van der Waals surface area contributed by atoms with Crippen LogP contribution in [0.1, 0.15) is 38.5 Å². The molecule has 0 spiro atoms. The van der Waals surface area contributed by atoms with Gasteiger partial charge in [0.1, 0.15) is 0 Å². The molecule has 0 aliphatic heterocycles. The van der Waals surface area contributed by atoms with E-state index in [-0.39, 0.29) is 0 Å². The van der Waals surface area contributed by atoms with Gasteiger partial charge in [0.2, 0.25) is 0 Å². The fraction of sp³-hybridized carbons (Fsp3) is 0.875. The zero-order valence-corrected chi connectivity index (χ0v) is 8.36. The first-order valence-corrected chi connectivity index (χ1v) is 5.34. The van der Waals surface area contributed by atoms with Crippen molar-refractivity contribution >= 4 is 3.71 Å². The van der Waals surface area contributed by atoms with E-state index in [1.54, 1.807) is 24.2 Å². The average Bonchev–Trinajstić information content (AvgIpc) is 1.91. The average molecular weight is 201 g/mol. The SMILES string of the molecule is [Zr+2]=[CH]CC1CCCCC1. The Balaban J connectivity index is 2.15. The summed E-state index contributed by atoms with van der Waals surface area (Å²) in [5, 5.41) is 0. The summed E-state index contributed by atoms with van der Waals surface area (Å²) in [5.41, 5.74) is 0. The van der Waals surface area contributed by atoms with E-state index in [0.717, 1.165) is 5.92 Å². The van der Waals surface area contributed by atoms with Crippen LogP contribution in [0.15, 0.2) is 0 Å². The van der Waals surface area contributed by atoms with Crippen molar-refractivity contribution in [2.75, 3.05) is 0 Å². The summed E-state index contributed by atoms with van der Waals surface area (Å²) >= 11 is 1.61. The summed E-state index contributed by atoms with van der Waals surface area (Å²) in [6.45, 7) is 0. The van der Waals surface area contributed by atoms with E-state index in [1.807, 2.05) is 0 Å². The third-order valence-electron chi connectivity index (χ3n) is 2.18. The number of hydrogen-bond acceptors (Lipinski definition) is 0. The number of rotatable bonds is 2. The van der Waals surface area contributed by atoms with Crippen LogP contribution in [0.25, 0.3) is 0 Å². The molecule has 0 aromatic rings. The first kappa shape index (κ1) is 7.86. The van der Waals surface area contributed by atoms with Crippen LogP contribution in [-0.4, -0.2) is 3.71 Å². The van der Waals surface area contributed by atoms with E-state index in [4.69, 9.17) is 0 Å². The van der Waals surface area contributed by atoms with Crippen molar-refractivity contribution in [2.24, 2.45) is 5.92 Å². The summed E-state index contributed by atoms with van der Waals surface area (Å²) in [6.07, 6.45) is 8.89. The number of hydrogen-bond donors (Lipinski definition) is 0. The first-order chi connectivity index (χ1) is 4.43. The van der Waals surface area contributed by atoms with Gasteiger partial charge in [0.25, 0.3) is 0 Å². The van der Waals surface area contributed by atoms with Crippen molar-refractivity contribution in [3.63, 3.8) is 0 Å². The molecular formula is C8H14Zr+2. The molecule has 0 atom stereocenters. The Kier molecular flexibility index (Phi) is 3.97. The topological polar surface area (TPSA) is 0 Å². The van der Waals surface area contributed by atoms with Crippen molar-refractivity contribution in [3.05, 3.63) is 0 Å². The normalized spacial score (nSPS) is 22.0. The first-order valence-electron chi connectivity index (χ1n) is 3.92. The van der Waals surface area contributed by atoms with E-state index >= 15 is 0 Å². The van der Waals surface area contributed by atoms with Gasteiger partial charge in [-0.1, -0.05) is 0 Å². The van der Waals surface area contributed by atoms with Crippen LogP contribution in [0, 0.1) is 5.92 Å². The third kappa shape index (κ3) is 2.89. The van der Waals surface area contributed by atoms with E-state index in [0.29, 0.717) is 0 Å². The van der Waals surface area contributed by atoms with Gasteiger partial charge in [-0.15, -0.1) is 0 Å². The van der Waals surface area contributed by atoms with E-state index in [9.17, 15) is 0 Å². The molecule has 0 amide bonds. The molecular weight excluding hydrogens is 187 g/mol. The molecule has 1 aliphatic rings. The predicted molar refractivity (Wildman–Crippen MR) is 37.3 cm³/mol. The zero-order valence-electron chi connectivity index (χ0n) is 5.90. The standard InChI is InChI=1S/C8H14.Zr/c1-2-8-6-4-3-5-7-8;/h1,8H,2-7H2;/q;+2. The molecule has 0 saturated heterocycles. The van der Waals surface area contributed by atoms with Gasteiger partial charge in [0, 0.05) is 0 Å². The van der Waals surface area contributed by atoms with Crippen LogP contribution >= 0.6 is 0 Å². The van der Waals surface area contributed by atoms with Gasteiger partial charge >= 0.3 is 72.4 Å². The second kappa shape index (κ2) is 4.55. The molecule has 0 radical (unpaired) electrons. The van der Waals surface area contributed by atoms with Gasteiger partial charge in [-0.3, -0.25) is 0 Å². The van der Waals surface area contributed by atoms with Crippen molar-refractivity contribution in [3.8, 4) is 0 Å². The van der Waals surface area contributed by atoms with Gasteiger partial charge in [-0.05, 0) is 0 Å². The summed E-state index contributed by atoms with van der Waals surface area (Å²) in [5.74, 6) is 1.07. The van der Waals surface area contributed by atoms with Crippen LogP contribution in [0.2, 0.25) is 0 Å². The molecule has 0 bridgehead atoms. The maximum atomic E-state index is 2.41. The summed E-state index contributed by atoms with van der Waals surface area (Å²) in [4.78, 5) is 0. The molecule has 1 aliphatic carbocycles. The second-order valence-electron chi connectivity index (χ2n) is 2.94. The van der Waals surface area contributed by atoms with Crippen LogP contribution in [0.5, 0.6) is 0 Å². The minimum atomic E-state index is 1.07. The van der Waals surface area contributed by atoms with Crippen LogP contribution in [-0.2, 0) is 24.2 Å². The van der Waals surface area contributed by atoms with Gasteiger partial charge in [0.05, 0.1) is 0 Å². The Morgan fingerprint density at radius 3 is 2.44 bits per heavy atom. The third-order valence-corrected chi connectivity index (χ3v) is 2.76. The second-order valence-corrected chi connectivity index (χ2v) is 3.95. The van der Waals surface area contributed by atoms with Crippen LogP contribution in [0.4, 0.5) is 0 Å². The molecule has 9 heavy (non-hydrogen) atoms. The molecule has 1 fully saturated rings. The van der Waals surface area contributed by atoms with Crippen LogP contribution < -0.4 is 0 Å². The monoisotopic (exact) mass is 200 g/mol. The Morgan fingerprint density at radius 1 is 1.22 bits per heavy atom. The molecule has 0 nitrogen and oxygen atoms in total. The van der Waals surface area contributed by atoms with Crippen LogP contribution in [0.3, 0.4) is 0 Å². The molecule has 0 N–H and O–H groups in total. The van der Waals surface area contributed by atoms with Gasteiger partial charge in [-0.25, -0.2) is 0 Å². The molecule has 0 aromatic carbocycles. The van der Waals surface area contributed by atoms with E-state index in [1.165, 1.54) is 38.5 Å². The van der Waals surface area contributed by atoms with Crippen molar-refractivity contribution in [1.29, 1.82) is 0 Å². The minimum absolute atomic E-state index is 1.07. The van der Waals surface area contributed by atoms with Crippen molar-refractivity contribution < 1.29 is 24.2 Å². The summed E-state index contributed by atoms with van der Waals surface area (Å²) < 4.78 is 2.41. The quantitative estimate of drug-likeness (QED) is 0.643. The Bertz CT molecular complexity index is 82.6. The Labute approximate surface area is 72.4 Å². The predicted octanol–water partition coefficient (Wildman–Crippen LogP) is 2.31. The maximum absolute atomic E-state index is 2.41.